The predicted octanol–water partition coefficient (Wildman–Crippen LogP) is 3.33. The van der Waals surface area contributed by atoms with Crippen molar-refractivity contribution in [3.8, 4) is 11.3 Å². The topological polar surface area (TPSA) is 51.8 Å². The van der Waals surface area contributed by atoms with E-state index >= 15 is 0 Å². The summed E-state index contributed by atoms with van der Waals surface area (Å²) in [5.74, 6) is 0.0942. The van der Waals surface area contributed by atoms with Crippen molar-refractivity contribution in [2.45, 2.75) is 6.92 Å². The molecular formula is C15H12FN3. The van der Waals surface area contributed by atoms with Gasteiger partial charge in [-0.05, 0) is 24.6 Å². The van der Waals surface area contributed by atoms with Crippen molar-refractivity contribution < 1.29 is 4.39 Å². The predicted molar refractivity (Wildman–Crippen MR) is 74.1 cm³/mol. The number of halogens is 1. The lowest BCUT2D eigenvalue weighted by atomic mass is 10.0. The number of anilines is 1. The highest BCUT2D eigenvalue weighted by atomic mass is 19.1. The van der Waals surface area contributed by atoms with Gasteiger partial charge in [-0.2, -0.15) is 0 Å². The minimum atomic E-state index is -0.289. The quantitative estimate of drug-likeness (QED) is 0.723. The molecule has 0 atom stereocenters. The Hall–Kier alpha value is -2.49. The van der Waals surface area contributed by atoms with Crippen molar-refractivity contribution in [1.82, 2.24) is 10.2 Å². The van der Waals surface area contributed by atoms with Crippen LogP contribution >= 0.6 is 0 Å². The molecule has 19 heavy (non-hydrogen) atoms. The van der Waals surface area contributed by atoms with Gasteiger partial charge >= 0.3 is 0 Å². The maximum Gasteiger partial charge on any atom is 0.154 e. The zero-order chi connectivity index (χ0) is 13.4. The SMILES string of the molecule is Cc1ccc(F)cc1-c1nnc(N)c2ccccc12. The normalized spacial score (nSPS) is 10.8. The number of aromatic nitrogens is 2. The maximum atomic E-state index is 13.4. The smallest absolute Gasteiger partial charge is 0.154 e. The summed E-state index contributed by atoms with van der Waals surface area (Å²) in [6, 6.07) is 12.2. The second-order valence-corrected chi connectivity index (χ2v) is 4.44. The Kier molecular flexibility index (Phi) is 2.63. The van der Waals surface area contributed by atoms with Crippen molar-refractivity contribution in [3.05, 3.63) is 53.8 Å². The Morgan fingerprint density at radius 2 is 1.74 bits per heavy atom. The molecule has 1 heterocycles. The molecule has 0 aliphatic heterocycles. The molecule has 0 radical (unpaired) electrons. The van der Waals surface area contributed by atoms with E-state index in [0.29, 0.717) is 11.5 Å². The first kappa shape index (κ1) is 11.6. The zero-order valence-electron chi connectivity index (χ0n) is 10.4. The van der Waals surface area contributed by atoms with Crippen molar-refractivity contribution in [2.24, 2.45) is 0 Å². The molecule has 0 unspecified atom stereocenters. The van der Waals surface area contributed by atoms with E-state index in [9.17, 15) is 4.39 Å². The van der Waals surface area contributed by atoms with Crippen LogP contribution in [0.2, 0.25) is 0 Å². The summed E-state index contributed by atoms with van der Waals surface area (Å²) in [6.45, 7) is 1.92. The summed E-state index contributed by atoms with van der Waals surface area (Å²) in [6.07, 6.45) is 0. The number of rotatable bonds is 1. The van der Waals surface area contributed by atoms with Gasteiger partial charge in [0, 0.05) is 16.3 Å². The van der Waals surface area contributed by atoms with Crippen LogP contribution in [0.1, 0.15) is 5.56 Å². The molecule has 0 aliphatic rings. The fourth-order valence-corrected chi connectivity index (χ4v) is 2.17. The standard InChI is InChI=1S/C15H12FN3/c1-9-6-7-10(16)8-13(9)14-11-4-2-3-5-12(11)15(17)19-18-14/h2-8H,1H3,(H2,17,19). The third-order valence-electron chi connectivity index (χ3n) is 3.17. The Morgan fingerprint density at radius 3 is 2.53 bits per heavy atom. The second-order valence-electron chi connectivity index (χ2n) is 4.44. The molecule has 2 N–H and O–H groups in total. The van der Waals surface area contributed by atoms with E-state index < -0.39 is 0 Å². The average molecular weight is 253 g/mol. The maximum absolute atomic E-state index is 13.4. The molecule has 2 aromatic carbocycles. The summed E-state index contributed by atoms with van der Waals surface area (Å²) in [4.78, 5) is 0. The number of fused-ring (bicyclic) bond motifs is 1. The lowest BCUT2D eigenvalue weighted by molar-refractivity contribution is 0.628. The molecule has 0 bridgehead atoms. The molecule has 0 fully saturated rings. The number of nitrogens with zero attached hydrogens (tertiary/aromatic N) is 2. The van der Waals surface area contributed by atoms with Gasteiger partial charge in [0.25, 0.3) is 0 Å². The van der Waals surface area contributed by atoms with E-state index in [2.05, 4.69) is 10.2 Å². The Morgan fingerprint density at radius 1 is 1.00 bits per heavy atom. The second kappa shape index (κ2) is 4.31. The zero-order valence-corrected chi connectivity index (χ0v) is 10.4. The number of nitrogens with two attached hydrogens (primary N) is 1. The van der Waals surface area contributed by atoms with Crippen molar-refractivity contribution in [1.29, 1.82) is 0 Å². The van der Waals surface area contributed by atoms with Crippen LogP contribution in [0.25, 0.3) is 22.0 Å². The van der Waals surface area contributed by atoms with Gasteiger partial charge in [-0.15, -0.1) is 10.2 Å². The Balaban J connectivity index is 2.37. The molecular weight excluding hydrogens is 241 g/mol. The average Bonchev–Trinajstić information content (AvgIpc) is 2.43. The summed E-state index contributed by atoms with van der Waals surface area (Å²) in [7, 11) is 0. The lowest BCUT2D eigenvalue weighted by Crippen LogP contribution is -1.98. The number of benzene rings is 2. The van der Waals surface area contributed by atoms with Gasteiger partial charge < -0.3 is 5.73 Å². The van der Waals surface area contributed by atoms with Crippen molar-refractivity contribution in [2.75, 3.05) is 5.73 Å². The van der Waals surface area contributed by atoms with E-state index in [1.807, 2.05) is 31.2 Å². The van der Waals surface area contributed by atoms with E-state index in [0.717, 1.165) is 21.9 Å². The van der Waals surface area contributed by atoms with Crippen LogP contribution < -0.4 is 5.73 Å². The monoisotopic (exact) mass is 253 g/mol. The van der Waals surface area contributed by atoms with E-state index in [-0.39, 0.29) is 5.82 Å². The van der Waals surface area contributed by atoms with Crippen LogP contribution in [0.5, 0.6) is 0 Å². The van der Waals surface area contributed by atoms with Crippen LogP contribution in [0.3, 0.4) is 0 Å². The van der Waals surface area contributed by atoms with E-state index in [1.165, 1.54) is 12.1 Å². The molecule has 3 rings (SSSR count). The first-order valence-corrected chi connectivity index (χ1v) is 5.94. The molecule has 94 valence electrons. The third kappa shape index (κ3) is 1.91. The molecule has 0 saturated heterocycles. The van der Waals surface area contributed by atoms with Crippen molar-refractivity contribution in [3.63, 3.8) is 0 Å². The van der Waals surface area contributed by atoms with Gasteiger partial charge in [0.05, 0.1) is 0 Å². The van der Waals surface area contributed by atoms with E-state index in [1.54, 1.807) is 6.07 Å². The third-order valence-corrected chi connectivity index (χ3v) is 3.17. The number of aryl methyl sites for hydroxylation is 1. The van der Waals surface area contributed by atoms with Gasteiger partial charge in [0.1, 0.15) is 11.5 Å². The van der Waals surface area contributed by atoms with Crippen LogP contribution in [0.15, 0.2) is 42.5 Å². The molecule has 0 amide bonds. The number of hydrogen-bond donors (Lipinski definition) is 1. The van der Waals surface area contributed by atoms with Crippen LogP contribution in [0.4, 0.5) is 10.2 Å². The first-order valence-electron chi connectivity index (χ1n) is 5.94. The molecule has 3 nitrogen and oxygen atoms in total. The summed E-state index contributed by atoms with van der Waals surface area (Å²) in [5, 5.41) is 9.80. The Labute approximate surface area is 109 Å². The van der Waals surface area contributed by atoms with Crippen LogP contribution in [0, 0.1) is 12.7 Å². The summed E-state index contributed by atoms with van der Waals surface area (Å²) < 4.78 is 13.4. The van der Waals surface area contributed by atoms with Gasteiger partial charge in [-0.3, -0.25) is 0 Å². The fraction of sp³-hybridized carbons (Fsp3) is 0.0667. The number of nitrogen functional groups attached to an aromatic ring is 1. The molecule has 3 aromatic rings. The van der Waals surface area contributed by atoms with Crippen molar-refractivity contribution >= 4 is 16.6 Å². The fourth-order valence-electron chi connectivity index (χ4n) is 2.17. The van der Waals surface area contributed by atoms with Gasteiger partial charge in [-0.25, -0.2) is 4.39 Å². The van der Waals surface area contributed by atoms with Gasteiger partial charge in [0.2, 0.25) is 0 Å². The van der Waals surface area contributed by atoms with Gasteiger partial charge in [-0.1, -0.05) is 30.3 Å². The van der Waals surface area contributed by atoms with E-state index in [4.69, 9.17) is 5.73 Å². The lowest BCUT2D eigenvalue weighted by Gasteiger charge is -2.09. The number of hydrogen-bond acceptors (Lipinski definition) is 3. The molecule has 0 spiro atoms. The molecule has 1 aromatic heterocycles. The van der Waals surface area contributed by atoms with Gasteiger partial charge in [0.15, 0.2) is 5.82 Å². The molecule has 4 heteroatoms. The van der Waals surface area contributed by atoms with Crippen LogP contribution in [-0.4, -0.2) is 10.2 Å². The minimum Gasteiger partial charge on any atom is -0.382 e. The molecule has 0 aliphatic carbocycles. The Bertz CT molecular complexity index is 768. The highest BCUT2D eigenvalue weighted by Crippen LogP contribution is 2.30. The highest BCUT2D eigenvalue weighted by molar-refractivity contribution is 5.99. The first-order chi connectivity index (χ1) is 9.16. The minimum absolute atomic E-state index is 0.289. The summed E-state index contributed by atoms with van der Waals surface area (Å²) in [5.41, 5.74) is 8.17. The summed E-state index contributed by atoms with van der Waals surface area (Å²) >= 11 is 0. The van der Waals surface area contributed by atoms with Crippen LogP contribution in [-0.2, 0) is 0 Å². The largest absolute Gasteiger partial charge is 0.382 e. The highest BCUT2D eigenvalue weighted by Gasteiger charge is 2.11. The molecule has 0 saturated carbocycles.